The molecule has 0 unspecified atom stereocenters. The number of aryl methyl sites for hydroxylation is 1. The fourth-order valence-corrected chi connectivity index (χ4v) is 10.5. The Kier molecular flexibility index (Phi) is 13.9. The third kappa shape index (κ3) is 11.9. The van der Waals surface area contributed by atoms with Crippen molar-refractivity contribution in [2.24, 2.45) is 0 Å². The summed E-state index contributed by atoms with van der Waals surface area (Å²) in [7, 11) is -20.5. The van der Waals surface area contributed by atoms with Crippen LogP contribution in [-0.4, -0.2) is 69.1 Å². The maximum absolute atomic E-state index is 13.7. The third-order valence-corrected chi connectivity index (χ3v) is 14.8. The van der Waals surface area contributed by atoms with Crippen LogP contribution in [0.4, 0.5) is 0 Å². The zero-order valence-corrected chi connectivity index (χ0v) is 38.3. The van der Waals surface area contributed by atoms with Crippen molar-refractivity contribution in [3.05, 3.63) is 157 Å². The molecule has 0 spiro atoms. The van der Waals surface area contributed by atoms with Gasteiger partial charge in [0.2, 0.25) is 19.7 Å². The van der Waals surface area contributed by atoms with Gasteiger partial charge >= 0.3 is 0 Å². The van der Waals surface area contributed by atoms with E-state index in [4.69, 9.17) is 18.8 Å². The lowest BCUT2D eigenvalue weighted by Gasteiger charge is -2.14. The van der Waals surface area contributed by atoms with E-state index in [1.165, 1.54) is 37.4 Å². The van der Waals surface area contributed by atoms with Crippen LogP contribution in [0.2, 0.25) is 0 Å². The summed E-state index contributed by atoms with van der Waals surface area (Å²) in [4.78, 5) is -2.29. The minimum Gasteiger partial charge on any atom is -0.497 e. The smallest absolute Gasteiger partial charge is 0.295 e. The van der Waals surface area contributed by atoms with Crippen LogP contribution in [0.5, 0.6) is 23.0 Å². The van der Waals surface area contributed by atoms with Crippen molar-refractivity contribution in [1.82, 2.24) is 0 Å². The quantitative estimate of drug-likeness (QED) is 0.0929. The van der Waals surface area contributed by atoms with Gasteiger partial charge in [-0.3, -0.25) is 13.7 Å². The van der Waals surface area contributed by atoms with Crippen LogP contribution in [-0.2, 0) is 56.6 Å². The van der Waals surface area contributed by atoms with Crippen molar-refractivity contribution in [2.75, 3.05) is 13.4 Å². The highest BCUT2D eigenvalue weighted by atomic mass is 32.2. The number of hydrogen-bond donors (Lipinski definition) is 3. The van der Waals surface area contributed by atoms with Crippen LogP contribution < -0.4 is 14.2 Å². The van der Waals surface area contributed by atoms with Gasteiger partial charge in [0.1, 0.15) is 39.4 Å². The predicted molar refractivity (Wildman–Crippen MR) is 239 cm³/mol. The molecule has 7 rings (SSSR count). The van der Waals surface area contributed by atoms with Gasteiger partial charge in [-0.05, 0) is 120 Å². The first kappa shape index (κ1) is 48.3. The Labute approximate surface area is 375 Å². The standard InChI is InChI=1S/C43H34O13S4.CH4O3S/c1-28-3-16-37(17-4-28)57(44,45)38-19-14-34(15-20-38)56-36-13-8-30-23-35(12-7-31(30)24-36)55-27-32-9-18-39(25-42(32)59(48,49)50)58(46,47)40-21-22-41(43(26-40)60(51,52)53)29-5-10-33(54-2)11-6-29;1-5(2,3)4/h3-26H,27H2,1-2H3,(H,48,49,50)(H,51,52,53);1H3,(H,2,3,4). The Morgan fingerprint density at radius 3 is 1.43 bits per heavy atom. The zero-order chi connectivity index (χ0) is 47.5. The SMILES string of the molecule is COc1ccc(-c2ccc(S(=O)(=O)c3ccc(COc4ccc5cc(Oc6ccc(S(=O)(=O)c7ccc(C)cc7)cc6)ccc5c4)c(S(=O)(=O)O)c3)cc2S(=O)(=O)O)cc1.CS(=O)(=O)O. The molecule has 7 aromatic rings. The zero-order valence-electron chi connectivity index (χ0n) is 34.3. The molecule has 0 saturated carbocycles. The Balaban J connectivity index is 0.00000133. The van der Waals surface area contributed by atoms with Crippen LogP contribution in [0.15, 0.2) is 175 Å². The molecule has 340 valence electrons. The molecule has 0 atom stereocenters. The predicted octanol–water partition coefficient (Wildman–Crippen LogP) is 7.86. The molecule has 0 heterocycles. The number of fused-ring (bicyclic) bond motifs is 1. The minimum atomic E-state index is -5.01. The molecule has 0 aliphatic heterocycles. The van der Waals surface area contributed by atoms with E-state index in [9.17, 15) is 51.2 Å². The summed E-state index contributed by atoms with van der Waals surface area (Å²) in [5.41, 5.74) is 1.21. The Bertz CT molecular complexity index is 3480. The summed E-state index contributed by atoms with van der Waals surface area (Å²) in [6.45, 7) is 1.47. The highest BCUT2D eigenvalue weighted by Crippen LogP contribution is 2.35. The number of methoxy groups -OCH3 is 1. The molecule has 7 aromatic carbocycles. The highest BCUT2D eigenvalue weighted by Gasteiger charge is 2.27. The fraction of sp³-hybridized carbons (Fsp3) is 0.0909. The van der Waals surface area contributed by atoms with Gasteiger partial charge in [-0.1, -0.05) is 54.1 Å². The highest BCUT2D eigenvalue weighted by molar-refractivity contribution is 7.92. The van der Waals surface area contributed by atoms with Gasteiger partial charge in [-0.2, -0.15) is 25.3 Å². The molecule has 0 aromatic heterocycles. The van der Waals surface area contributed by atoms with E-state index in [2.05, 4.69) is 0 Å². The number of benzene rings is 7. The molecule has 65 heavy (non-hydrogen) atoms. The van der Waals surface area contributed by atoms with Gasteiger partial charge < -0.3 is 14.2 Å². The van der Waals surface area contributed by atoms with Crippen molar-refractivity contribution < 1.29 is 70.0 Å². The van der Waals surface area contributed by atoms with Crippen LogP contribution in [0.3, 0.4) is 0 Å². The average Bonchev–Trinajstić information content (AvgIpc) is 3.24. The molecular weight excluding hydrogens is 945 g/mol. The monoisotopic (exact) mass is 982 g/mol. The van der Waals surface area contributed by atoms with E-state index in [1.54, 1.807) is 84.9 Å². The Morgan fingerprint density at radius 2 is 0.892 bits per heavy atom. The summed E-state index contributed by atoms with van der Waals surface area (Å²) >= 11 is 0. The van der Waals surface area contributed by atoms with Crippen molar-refractivity contribution in [3.63, 3.8) is 0 Å². The number of ether oxygens (including phenoxy) is 3. The number of rotatable bonds is 13. The van der Waals surface area contributed by atoms with Crippen molar-refractivity contribution in [2.45, 2.75) is 42.9 Å². The minimum absolute atomic E-state index is 0.00414. The summed E-state index contributed by atoms with van der Waals surface area (Å²) < 4.78 is 166. The van der Waals surface area contributed by atoms with Crippen LogP contribution in [0.25, 0.3) is 21.9 Å². The van der Waals surface area contributed by atoms with E-state index in [-0.39, 0.29) is 20.9 Å². The lowest BCUT2D eigenvalue weighted by molar-refractivity contribution is 0.302. The van der Waals surface area contributed by atoms with Crippen molar-refractivity contribution >= 4 is 60.8 Å². The molecule has 21 heteroatoms. The lowest BCUT2D eigenvalue weighted by atomic mass is 10.1. The molecule has 0 bridgehead atoms. The molecular formula is C44H38O16S5. The molecule has 0 aliphatic carbocycles. The first-order valence-corrected chi connectivity index (χ1v) is 26.3. The average molecular weight is 983 g/mol. The first-order valence-electron chi connectivity index (χ1n) is 18.6. The second kappa shape index (κ2) is 18.7. The summed E-state index contributed by atoms with van der Waals surface area (Å²) in [5, 5.41) is 1.47. The molecule has 16 nitrogen and oxygen atoms in total. The molecule has 0 fully saturated rings. The normalized spacial score (nSPS) is 12.2. The van der Waals surface area contributed by atoms with E-state index < -0.39 is 76.2 Å². The van der Waals surface area contributed by atoms with Gasteiger partial charge in [0, 0.05) is 11.1 Å². The van der Waals surface area contributed by atoms with Crippen LogP contribution >= 0.6 is 0 Å². The maximum atomic E-state index is 13.7. The van der Waals surface area contributed by atoms with Gasteiger partial charge in [-0.25, -0.2) is 16.8 Å². The summed E-state index contributed by atoms with van der Waals surface area (Å²) in [5.74, 6) is 1.68. The van der Waals surface area contributed by atoms with Gasteiger partial charge in [0.25, 0.3) is 30.4 Å². The Morgan fingerprint density at radius 1 is 0.462 bits per heavy atom. The number of sulfone groups is 2. The molecule has 3 N–H and O–H groups in total. The first-order chi connectivity index (χ1) is 30.3. The fourth-order valence-electron chi connectivity index (χ4n) is 6.28. The maximum Gasteiger partial charge on any atom is 0.295 e. The lowest BCUT2D eigenvalue weighted by Crippen LogP contribution is -2.10. The largest absolute Gasteiger partial charge is 0.497 e. The van der Waals surface area contributed by atoms with Gasteiger partial charge in [0.15, 0.2) is 0 Å². The number of hydrogen-bond acceptors (Lipinski definition) is 13. The second-order valence-corrected chi connectivity index (χ2v) is 22.3. The van der Waals surface area contributed by atoms with Crippen LogP contribution in [0.1, 0.15) is 11.1 Å². The van der Waals surface area contributed by atoms with E-state index in [1.807, 2.05) is 6.92 Å². The topological polar surface area (TPSA) is 259 Å². The van der Waals surface area contributed by atoms with Crippen molar-refractivity contribution in [1.29, 1.82) is 0 Å². The summed E-state index contributed by atoms with van der Waals surface area (Å²) in [6, 6.07) is 35.1. The molecule has 0 aliphatic rings. The van der Waals surface area contributed by atoms with Crippen molar-refractivity contribution in [3.8, 4) is 34.1 Å². The summed E-state index contributed by atoms with van der Waals surface area (Å²) in [6.07, 6.45) is 0.715. The molecule has 0 amide bonds. The van der Waals surface area contributed by atoms with Gasteiger partial charge in [0.05, 0.1) is 32.9 Å². The Hall–Kier alpha value is -6.17. The van der Waals surface area contributed by atoms with E-state index in [0.29, 0.717) is 34.8 Å². The van der Waals surface area contributed by atoms with E-state index >= 15 is 0 Å². The van der Waals surface area contributed by atoms with Crippen LogP contribution in [0, 0.1) is 6.92 Å². The third-order valence-electron chi connectivity index (χ3n) is 9.45. The molecule has 0 radical (unpaired) electrons. The van der Waals surface area contributed by atoms with E-state index in [0.717, 1.165) is 46.7 Å². The van der Waals surface area contributed by atoms with Gasteiger partial charge in [-0.15, -0.1) is 0 Å². The second-order valence-electron chi connectivity index (χ2n) is 14.2. The molecule has 0 saturated heterocycles.